The van der Waals surface area contributed by atoms with Crippen LogP contribution in [0.4, 0.5) is 13.2 Å². The van der Waals surface area contributed by atoms with Gasteiger partial charge in [-0.1, -0.05) is 29.4 Å². The Morgan fingerprint density at radius 3 is 2.57 bits per heavy atom. The van der Waals surface area contributed by atoms with Crippen LogP contribution in [0.3, 0.4) is 0 Å². The van der Waals surface area contributed by atoms with Crippen molar-refractivity contribution in [2.24, 2.45) is 0 Å². The molecule has 0 saturated carbocycles. The van der Waals surface area contributed by atoms with Gasteiger partial charge in [0.05, 0.1) is 12.6 Å². The van der Waals surface area contributed by atoms with Gasteiger partial charge < -0.3 is 19.5 Å². The minimum atomic E-state index is -4.71. The molecule has 0 aliphatic carbocycles. The van der Waals surface area contributed by atoms with Gasteiger partial charge in [-0.25, -0.2) is 0 Å². The Bertz CT molecular complexity index is 845. The number of hydrogen-bond acceptors (Lipinski definition) is 6. The molecule has 1 aliphatic rings. The number of nitrogens with one attached hydrogen (secondary N) is 1. The zero-order chi connectivity index (χ0) is 20.3. The molecule has 8 nitrogen and oxygen atoms in total. The van der Waals surface area contributed by atoms with E-state index in [1.165, 1.54) is 17.0 Å². The lowest BCUT2D eigenvalue weighted by Gasteiger charge is -2.22. The molecule has 2 heterocycles. The van der Waals surface area contributed by atoms with Crippen LogP contribution in [0, 0.1) is 0 Å². The molecule has 11 heteroatoms. The number of nitrogens with zero attached hydrogens (tertiary/aromatic N) is 3. The quantitative estimate of drug-likeness (QED) is 0.786. The van der Waals surface area contributed by atoms with Gasteiger partial charge >= 0.3 is 23.9 Å². The highest BCUT2D eigenvalue weighted by Gasteiger charge is 2.38. The lowest BCUT2D eigenvalue weighted by atomic mass is 10.1. The lowest BCUT2D eigenvalue weighted by Crippen LogP contribution is -2.45. The van der Waals surface area contributed by atoms with Crippen molar-refractivity contribution in [2.75, 3.05) is 20.3 Å². The normalized spacial score (nSPS) is 16.8. The first-order valence-corrected chi connectivity index (χ1v) is 8.38. The number of amides is 2. The van der Waals surface area contributed by atoms with Crippen LogP contribution in [0.2, 0.25) is 0 Å². The van der Waals surface area contributed by atoms with Crippen molar-refractivity contribution >= 4 is 11.8 Å². The summed E-state index contributed by atoms with van der Waals surface area (Å²) in [4.78, 5) is 28.8. The molecule has 1 unspecified atom stereocenters. The number of aromatic nitrogens is 2. The van der Waals surface area contributed by atoms with E-state index in [1.807, 2.05) is 0 Å². The van der Waals surface area contributed by atoms with E-state index in [0.717, 1.165) is 0 Å². The maximum Gasteiger partial charge on any atom is 0.471 e. The SMILES string of the molecule is CN(C(=O)C(=O)NCc1ccc(-c2noc(C(F)(F)F)n2)cc1)C1CCOC1. The largest absolute Gasteiger partial charge is 0.471 e. The molecule has 1 aromatic heterocycles. The first-order valence-electron chi connectivity index (χ1n) is 8.38. The Hall–Kier alpha value is -2.95. The number of rotatable bonds is 4. The number of carbonyl (C=O) groups is 2. The molecule has 28 heavy (non-hydrogen) atoms. The summed E-state index contributed by atoms with van der Waals surface area (Å²) in [6, 6.07) is 6.04. The summed E-state index contributed by atoms with van der Waals surface area (Å²) >= 11 is 0. The number of halogens is 3. The van der Waals surface area contributed by atoms with E-state index < -0.39 is 23.9 Å². The Balaban J connectivity index is 1.56. The van der Waals surface area contributed by atoms with Gasteiger partial charge in [-0.15, -0.1) is 0 Å². The first kappa shape index (κ1) is 19.8. The molecular weight excluding hydrogens is 381 g/mol. The Morgan fingerprint density at radius 1 is 1.29 bits per heavy atom. The summed E-state index contributed by atoms with van der Waals surface area (Å²) < 4.78 is 46.9. The van der Waals surface area contributed by atoms with Crippen molar-refractivity contribution in [1.29, 1.82) is 0 Å². The third-order valence-electron chi connectivity index (χ3n) is 4.30. The molecular formula is C17H17F3N4O4. The fraction of sp³-hybridized carbons (Fsp3) is 0.412. The van der Waals surface area contributed by atoms with Gasteiger partial charge in [0.15, 0.2) is 0 Å². The van der Waals surface area contributed by atoms with E-state index in [0.29, 0.717) is 30.8 Å². The van der Waals surface area contributed by atoms with E-state index in [9.17, 15) is 22.8 Å². The first-order chi connectivity index (χ1) is 13.3. The van der Waals surface area contributed by atoms with Gasteiger partial charge in [0.2, 0.25) is 5.82 Å². The van der Waals surface area contributed by atoms with E-state index >= 15 is 0 Å². The minimum absolute atomic E-state index is 0.0832. The zero-order valence-electron chi connectivity index (χ0n) is 14.8. The van der Waals surface area contributed by atoms with Crippen LogP contribution in [-0.4, -0.2) is 53.2 Å². The average molecular weight is 398 g/mol. The molecule has 0 radical (unpaired) electrons. The van der Waals surface area contributed by atoms with Crippen LogP contribution in [0.15, 0.2) is 28.8 Å². The highest BCUT2D eigenvalue weighted by Crippen LogP contribution is 2.29. The number of benzene rings is 1. The van der Waals surface area contributed by atoms with Gasteiger partial charge in [-0.3, -0.25) is 9.59 Å². The van der Waals surface area contributed by atoms with Crippen molar-refractivity contribution in [1.82, 2.24) is 20.4 Å². The minimum Gasteiger partial charge on any atom is -0.379 e. The van der Waals surface area contributed by atoms with Crippen molar-refractivity contribution in [2.45, 2.75) is 25.2 Å². The fourth-order valence-corrected chi connectivity index (χ4v) is 2.64. The van der Waals surface area contributed by atoms with Gasteiger partial charge in [-0.2, -0.15) is 18.2 Å². The molecule has 1 atom stereocenters. The van der Waals surface area contributed by atoms with E-state index in [4.69, 9.17) is 4.74 Å². The van der Waals surface area contributed by atoms with Gasteiger partial charge in [0.1, 0.15) is 0 Å². The van der Waals surface area contributed by atoms with Crippen molar-refractivity contribution < 1.29 is 32.0 Å². The molecule has 0 bridgehead atoms. The van der Waals surface area contributed by atoms with Crippen molar-refractivity contribution in [3.05, 3.63) is 35.7 Å². The zero-order valence-corrected chi connectivity index (χ0v) is 14.8. The molecule has 2 amide bonds. The molecule has 0 spiro atoms. The van der Waals surface area contributed by atoms with Crippen LogP contribution < -0.4 is 5.32 Å². The Labute approximate surface area is 157 Å². The van der Waals surface area contributed by atoms with Crippen LogP contribution in [-0.2, 0) is 27.0 Å². The molecule has 150 valence electrons. The molecule has 1 fully saturated rings. The maximum absolute atomic E-state index is 12.5. The third kappa shape index (κ3) is 4.47. The topological polar surface area (TPSA) is 97.6 Å². The molecule has 1 aliphatic heterocycles. The number of ether oxygens (including phenoxy) is 1. The molecule has 1 saturated heterocycles. The van der Waals surface area contributed by atoms with Crippen LogP contribution in [0.1, 0.15) is 17.9 Å². The van der Waals surface area contributed by atoms with Crippen LogP contribution in [0.25, 0.3) is 11.4 Å². The second kappa shape index (κ2) is 7.97. The summed E-state index contributed by atoms with van der Waals surface area (Å²) in [5.41, 5.74) is 0.975. The fourth-order valence-electron chi connectivity index (χ4n) is 2.64. The molecule has 1 aromatic carbocycles. The van der Waals surface area contributed by atoms with Gasteiger partial charge in [-0.05, 0) is 12.0 Å². The van der Waals surface area contributed by atoms with Crippen molar-refractivity contribution in [3.63, 3.8) is 0 Å². The predicted octanol–water partition coefficient (Wildman–Crippen LogP) is 1.62. The van der Waals surface area contributed by atoms with E-state index in [2.05, 4.69) is 20.0 Å². The van der Waals surface area contributed by atoms with E-state index in [1.54, 1.807) is 19.2 Å². The van der Waals surface area contributed by atoms with Crippen LogP contribution in [0.5, 0.6) is 0 Å². The maximum atomic E-state index is 12.5. The lowest BCUT2D eigenvalue weighted by molar-refractivity contribution is -0.159. The molecule has 2 aromatic rings. The second-order valence-corrected chi connectivity index (χ2v) is 6.23. The number of carbonyl (C=O) groups excluding carboxylic acids is 2. The smallest absolute Gasteiger partial charge is 0.379 e. The summed E-state index contributed by atoms with van der Waals surface area (Å²) in [7, 11) is 1.55. The standard InChI is InChI=1S/C17H17F3N4O4/c1-24(12-6-7-27-9-12)15(26)14(25)21-8-10-2-4-11(5-3-10)13-22-16(28-23-13)17(18,19)20/h2-5,12H,6-9H2,1H3,(H,21,25). The Kier molecular flexibility index (Phi) is 5.63. The van der Waals surface area contributed by atoms with Crippen molar-refractivity contribution in [3.8, 4) is 11.4 Å². The molecule has 1 N–H and O–H groups in total. The van der Waals surface area contributed by atoms with Gasteiger partial charge in [0, 0.05) is 25.8 Å². The highest BCUT2D eigenvalue weighted by molar-refractivity contribution is 6.34. The summed E-state index contributed by atoms with van der Waals surface area (Å²) in [6.45, 7) is 1.05. The average Bonchev–Trinajstić information content (AvgIpc) is 3.36. The van der Waals surface area contributed by atoms with Gasteiger partial charge in [0.25, 0.3) is 0 Å². The second-order valence-electron chi connectivity index (χ2n) is 6.23. The summed E-state index contributed by atoms with van der Waals surface area (Å²) in [5, 5.41) is 5.82. The monoisotopic (exact) mass is 398 g/mol. The third-order valence-corrected chi connectivity index (χ3v) is 4.30. The predicted molar refractivity (Wildman–Crippen MR) is 88.6 cm³/mol. The summed E-state index contributed by atoms with van der Waals surface area (Å²) in [5.74, 6) is -3.02. The highest BCUT2D eigenvalue weighted by atomic mass is 19.4. The number of alkyl halides is 3. The number of likely N-dealkylation sites (N-methyl/N-ethyl adjacent to an activating group) is 1. The number of hydrogen-bond donors (Lipinski definition) is 1. The Morgan fingerprint density at radius 2 is 2.00 bits per heavy atom. The van der Waals surface area contributed by atoms with Crippen LogP contribution >= 0.6 is 0 Å². The summed E-state index contributed by atoms with van der Waals surface area (Å²) in [6.07, 6.45) is -4.02. The van der Waals surface area contributed by atoms with E-state index in [-0.39, 0.29) is 18.4 Å². The molecule has 3 rings (SSSR count).